The molecule has 0 N–H and O–H groups in total. The normalized spacial score (nSPS) is 16.3. The lowest BCUT2D eigenvalue weighted by molar-refractivity contribution is -0.274. The second kappa shape index (κ2) is 10.6. The smallest absolute Gasteiger partial charge is 0.406 e. The maximum absolute atomic E-state index is 13.1. The highest BCUT2D eigenvalue weighted by molar-refractivity contribution is 6.36. The third-order valence-corrected chi connectivity index (χ3v) is 6.48. The molecule has 0 aromatic heterocycles. The molecule has 1 aliphatic heterocycles. The van der Waals surface area contributed by atoms with Crippen molar-refractivity contribution in [2.45, 2.75) is 18.8 Å². The van der Waals surface area contributed by atoms with Gasteiger partial charge in [-0.2, -0.15) is 0 Å². The lowest BCUT2D eigenvalue weighted by Crippen LogP contribution is -2.51. The largest absolute Gasteiger partial charge is 0.573 e. The molecule has 184 valence electrons. The van der Waals surface area contributed by atoms with Crippen molar-refractivity contribution in [2.24, 2.45) is 0 Å². The van der Waals surface area contributed by atoms with E-state index in [-0.39, 0.29) is 24.1 Å². The molecule has 1 amide bonds. The fourth-order valence-corrected chi connectivity index (χ4v) is 4.76. The highest BCUT2D eigenvalue weighted by Crippen LogP contribution is 2.37. The van der Waals surface area contributed by atoms with Gasteiger partial charge in [0.25, 0.3) is 0 Å². The maximum Gasteiger partial charge on any atom is 0.573 e. The molecule has 1 atom stereocenters. The Kier molecular flexibility index (Phi) is 7.69. The van der Waals surface area contributed by atoms with Crippen LogP contribution in [0.3, 0.4) is 0 Å². The second-order valence-electron chi connectivity index (χ2n) is 8.07. The average Bonchev–Trinajstić information content (AvgIpc) is 2.78. The highest BCUT2D eigenvalue weighted by atomic mass is 35.5. The summed E-state index contributed by atoms with van der Waals surface area (Å²) in [6, 6.07) is 17.9. The number of alkyl halides is 3. The van der Waals surface area contributed by atoms with Crippen LogP contribution in [0.25, 0.3) is 0 Å². The summed E-state index contributed by atoms with van der Waals surface area (Å²) in [7, 11) is 0. The quantitative estimate of drug-likeness (QED) is 0.342. The molecule has 35 heavy (non-hydrogen) atoms. The summed E-state index contributed by atoms with van der Waals surface area (Å²) >= 11 is 18.6. The van der Waals surface area contributed by atoms with Gasteiger partial charge in [0.15, 0.2) is 0 Å². The van der Waals surface area contributed by atoms with Crippen LogP contribution in [-0.4, -0.2) is 36.8 Å². The SMILES string of the molecule is O=C(Cc1cccc(OC(F)(F)F)c1)N1CCN(c2ccc(Cl)cc2Cl)C(c2ccc(Cl)cc2)C1. The fourth-order valence-electron chi connectivity index (χ4n) is 4.12. The zero-order chi connectivity index (χ0) is 25.2. The van der Waals surface area contributed by atoms with E-state index in [9.17, 15) is 18.0 Å². The third kappa shape index (κ3) is 6.54. The van der Waals surface area contributed by atoms with Crippen molar-refractivity contribution in [1.29, 1.82) is 0 Å². The molecule has 0 bridgehead atoms. The van der Waals surface area contributed by atoms with E-state index in [4.69, 9.17) is 34.8 Å². The molecule has 0 spiro atoms. The van der Waals surface area contributed by atoms with Gasteiger partial charge in [0.05, 0.1) is 23.2 Å². The van der Waals surface area contributed by atoms with E-state index in [2.05, 4.69) is 9.64 Å². The van der Waals surface area contributed by atoms with Crippen LogP contribution in [0.15, 0.2) is 66.7 Å². The van der Waals surface area contributed by atoms with Crippen molar-refractivity contribution < 1.29 is 22.7 Å². The van der Waals surface area contributed by atoms with Gasteiger partial charge in [0, 0.05) is 29.7 Å². The Morgan fingerprint density at radius 2 is 1.66 bits per heavy atom. The van der Waals surface area contributed by atoms with E-state index in [1.54, 1.807) is 35.2 Å². The van der Waals surface area contributed by atoms with E-state index in [0.717, 1.165) is 11.3 Å². The van der Waals surface area contributed by atoms with Gasteiger partial charge in [-0.3, -0.25) is 4.79 Å². The number of amides is 1. The second-order valence-corrected chi connectivity index (χ2v) is 9.35. The standard InChI is InChI=1S/C25H20Cl3F3N2O2/c26-18-6-4-17(5-7-18)23-15-32(10-11-33(23)22-9-8-19(27)14-21(22)28)24(34)13-16-2-1-3-20(12-16)35-25(29,30)31/h1-9,12,14,23H,10-11,13,15H2. The first-order valence-corrected chi connectivity index (χ1v) is 11.8. The zero-order valence-electron chi connectivity index (χ0n) is 18.2. The number of halogens is 6. The van der Waals surface area contributed by atoms with Gasteiger partial charge in [-0.25, -0.2) is 0 Å². The zero-order valence-corrected chi connectivity index (χ0v) is 20.5. The van der Waals surface area contributed by atoms with Gasteiger partial charge in [-0.05, 0) is 53.6 Å². The number of piperazine rings is 1. The van der Waals surface area contributed by atoms with Gasteiger partial charge < -0.3 is 14.5 Å². The predicted molar refractivity (Wildman–Crippen MR) is 131 cm³/mol. The molecule has 3 aromatic carbocycles. The predicted octanol–water partition coefficient (Wildman–Crippen LogP) is 7.18. The number of rotatable bonds is 5. The monoisotopic (exact) mass is 542 g/mol. The molecule has 0 aliphatic carbocycles. The highest BCUT2D eigenvalue weighted by Gasteiger charge is 2.33. The Labute approximate surface area is 215 Å². The van der Waals surface area contributed by atoms with Crippen LogP contribution >= 0.6 is 34.8 Å². The summed E-state index contributed by atoms with van der Waals surface area (Å²) in [6.07, 6.45) is -4.85. The molecule has 1 fully saturated rings. The van der Waals surface area contributed by atoms with Gasteiger partial charge in [-0.15, -0.1) is 13.2 Å². The van der Waals surface area contributed by atoms with Gasteiger partial charge in [0.2, 0.25) is 5.91 Å². The van der Waals surface area contributed by atoms with E-state index >= 15 is 0 Å². The summed E-state index contributed by atoms with van der Waals surface area (Å²) in [5.41, 5.74) is 2.17. The van der Waals surface area contributed by atoms with Crippen molar-refractivity contribution in [2.75, 3.05) is 24.5 Å². The molecular formula is C25H20Cl3F3N2O2. The van der Waals surface area contributed by atoms with Gasteiger partial charge in [-0.1, -0.05) is 59.1 Å². The third-order valence-electron chi connectivity index (χ3n) is 5.69. The average molecular weight is 544 g/mol. The first-order chi connectivity index (χ1) is 16.6. The van der Waals surface area contributed by atoms with Crippen LogP contribution in [0.4, 0.5) is 18.9 Å². The molecular weight excluding hydrogens is 524 g/mol. The molecule has 4 rings (SSSR count). The molecule has 1 aliphatic rings. The lowest BCUT2D eigenvalue weighted by Gasteiger charge is -2.43. The summed E-state index contributed by atoms with van der Waals surface area (Å²) < 4.78 is 41.6. The number of benzene rings is 3. The topological polar surface area (TPSA) is 32.8 Å². The molecule has 1 heterocycles. The minimum absolute atomic E-state index is 0.0515. The minimum Gasteiger partial charge on any atom is -0.406 e. The molecule has 0 radical (unpaired) electrons. The van der Waals surface area contributed by atoms with E-state index in [0.29, 0.717) is 40.3 Å². The Morgan fingerprint density at radius 3 is 2.34 bits per heavy atom. The van der Waals surface area contributed by atoms with E-state index in [1.165, 1.54) is 18.2 Å². The Bertz CT molecular complexity index is 1210. The van der Waals surface area contributed by atoms with Crippen LogP contribution in [0.2, 0.25) is 15.1 Å². The van der Waals surface area contributed by atoms with Crippen LogP contribution in [0, 0.1) is 0 Å². The maximum atomic E-state index is 13.1. The molecule has 4 nitrogen and oxygen atoms in total. The number of hydrogen-bond acceptors (Lipinski definition) is 3. The van der Waals surface area contributed by atoms with Crippen LogP contribution in [0.5, 0.6) is 5.75 Å². The number of nitrogens with zero attached hydrogens (tertiary/aromatic N) is 2. The van der Waals surface area contributed by atoms with Crippen molar-refractivity contribution in [1.82, 2.24) is 4.90 Å². The minimum atomic E-state index is -4.80. The molecule has 1 unspecified atom stereocenters. The van der Waals surface area contributed by atoms with Crippen molar-refractivity contribution in [3.63, 3.8) is 0 Å². The van der Waals surface area contributed by atoms with Crippen LogP contribution in [0.1, 0.15) is 17.2 Å². The van der Waals surface area contributed by atoms with Gasteiger partial charge in [0.1, 0.15) is 5.75 Å². The fraction of sp³-hybridized carbons (Fsp3) is 0.240. The first kappa shape index (κ1) is 25.5. The summed E-state index contributed by atoms with van der Waals surface area (Å²) in [5, 5.41) is 1.61. The summed E-state index contributed by atoms with van der Waals surface area (Å²) in [4.78, 5) is 16.9. The number of carbonyl (C=O) groups excluding carboxylic acids is 1. The number of ether oxygens (including phenoxy) is 1. The van der Waals surface area contributed by atoms with E-state index in [1.807, 2.05) is 18.2 Å². The number of hydrogen-bond donors (Lipinski definition) is 0. The Balaban J connectivity index is 1.55. The summed E-state index contributed by atoms with van der Waals surface area (Å²) in [6.45, 7) is 1.27. The van der Waals surface area contributed by atoms with Crippen molar-refractivity contribution in [3.05, 3.63) is 92.9 Å². The van der Waals surface area contributed by atoms with Crippen molar-refractivity contribution in [3.8, 4) is 5.75 Å². The van der Waals surface area contributed by atoms with E-state index < -0.39 is 6.36 Å². The van der Waals surface area contributed by atoms with Crippen molar-refractivity contribution >= 4 is 46.4 Å². The van der Waals surface area contributed by atoms with Crippen LogP contribution in [-0.2, 0) is 11.2 Å². The molecule has 1 saturated heterocycles. The van der Waals surface area contributed by atoms with Gasteiger partial charge >= 0.3 is 6.36 Å². The number of anilines is 1. The lowest BCUT2D eigenvalue weighted by atomic mass is 10.0. The first-order valence-electron chi connectivity index (χ1n) is 10.7. The molecule has 3 aromatic rings. The molecule has 0 saturated carbocycles. The van der Waals surface area contributed by atoms with Crippen LogP contribution < -0.4 is 9.64 Å². The molecule has 10 heteroatoms. The Morgan fingerprint density at radius 1 is 0.943 bits per heavy atom. The number of carbonyl (C=O) groups is 1. The Hall–Kier alpha value is -2.61. The summed E-state index contributed by atoms with van der Waals surface area (Å²) in [5.74, 6) is -0.556.